The van der Waals surface area contributed by atoms with Crippen LogP contribution in [0.5, 0.6) is 0 Å². The predicted molar refractivity (Wildman–Crippen MR) is 65.5 cm³/mol. The lowest BCUT2D eigenvalue weighted by atomic mass is 10.1. The zero-order valence-corrected chi connectivity index (χ0v) is 9.95. The monoisotopic (exact) mass is 245 g/mol. The number of halogens is 2. The van der Waals surface area contributed by atoms with Crippen molar-refractivity contribution in [2.75, 3.05) is 29.5 Å². The number of hydrogen-bond donors (Lipinski definition) is 0. The molecule has 4 heteroatoms. The molecule has 0 amide bonds. The number of benzene rings is 1. The maximum absolute atomic E-state index is 13.5. The molecule has 15 heavy (non-hydrogen) atoms. The minimum absolute atomic E-state index is 0.194. The molecule has 0 unspecified atom stereocenters. The molecular formula is C11H13ClFNS. The standard InChI is InChI=1S/C11H13ClFNS/c12-8-9-10(13)2-1-3-11(9)14-4-6-15-7-5-14/h1-3H,4-8H2. The van der Waals surface area contributed by atoms with Gasteiger partial charge in [-0.2, -0.15) is 11.8 Å². The minimum Gasteiger partial charge on any atom is -0.370 e. The van der Waals surface area contributed by atoms with Gasteiger partial charge in [0.15, 0.2) is 0 Å². The van der Waals surface area contributed by atoms with Crippen LogP contribution in [0.2, 0.25) is 0 Å². The molecule has 0 spiro atoms. The number of hydrogen-bond acceptors (Lipinski definition) is 2. The second-order valence-electron chi connectivity index (χ2n) is 3.47. The fourth-order valence-electron chi connectivity index (χ4n) is 1.78. The molecule has 0 atom stereocenters. The van der Waals surface area contributed by atoms with Crippen LogP contribution in [0.25, 0.3) is 0 Å². The fraction of sp³-hybridized carbons (Fsp3) is 0.455. The summed E-state index contributed by atoms with van der Waals surface area (Å²) in [5.41, 5.74) is 1.59. The molecule has 0 N–H and O–H groups in total. The number of nitrogens with zero attached hydrogens (tertiary/aromatic N) is 1. The van der Waals surface area contributed by atoms with Crippen LogP contribution in [0.1, 0.15) is 5.56 Å². The van der Waals surface area contributed by atoms with E-state index >= 15 is 0 Å². The Morgan fingerprint density at radius 1 is 1.33 bits per heavy atom. The van der Waals surface area contributed by atoms with Crippen molar-refractivity contribution in [3.63, 3.8) is 0 Å². The molecule has 0 aromatic heterocycles. The third-order valence-electron chi connectivity index (χ3n) is 2.58. The Morgan fingerprint density at radius 2 is 2.07 bits per heavy atom. The third-order valence-corrected chi connectivity index (χ3v) is 3.79. The molecular weight excluding hydrogens is 233 g/mol. The smallest absolute Gasteiger partial charge is 0.129 e. The van der Waals surface area contributed by atoms with Gasteiger partial charge in [0.05, 0.1) is 5.88 Å². The van der Waals surface area contributed by atoms with Crippen LogP contribution in [0.15, 0.2) is 18.2 Å². The van der Waals surface area contributed by atoms with Crippen molar-refractivity contribution < 1.29 is 4.39 Å². The SMILES string of the molecule is Fc1cccc(N2CCSCC2)c1CCl. The first-order valence-electron chi connectivity index (χ1n) is 4.99. The van der Waals surface area contributed by atoms with E-state index in [0.717, 1.165) is 30.3 Å². The summed E-state index contributed by atoms with van der Waals surface area (Å²) in [6, 6.07) is 5.18. The summed E-state index contributed by atoms with van der Waals surface area (Å²) < 4.78 is 13.5. The van der Waals surface area contributed by atoms with Crippen molar-refractivity contribution in [1.29, 1.82) is 0 Å². The van der Waals surface area contributed by atoms with Gasteiger partial charge in [-0.1, -0.05) is 6.07 Å². The topological polar surface area (TPSA) is 3.24 Å². The summed E-state index contributed by atoms with van der Waals surface area (Å²) in [7, 11) is 0. The molecule has 1 nitrogen and oxygen atoms in total. The first-order chi connectivity index (χ1) is 7.33. The number of alkyl halides is 1. The summed E-state index contributed by atoms with van der Waals surface area (Å²) >= 11 is 7.73. The normalized spacial score (nSPS) is 16.8. The molecule has 1 aliphatic rings. The van der Waals surface area contributed by atoms with Crippen LogP contribution in [-0.2, 0) is 5.88 Å². The molecule has 0 bridgehead atoms. The zero-order chi connectivity index (χ0) is 10.7. The quantitative estimate of drug-likeness (QED) is 0.737. The van der Waals surface area contributed by atoms with Gasteiger partial charge >= 0.3 is 0 Å². The Labute approximate surface area is 98.6 Å². The second-order valence-corrected chi connectivity index (χ2v) is 4.96. The summed E-state index contributed by atoms with van der Waals surface area (Å²) in [6.45, 7) is 1.97. The third kappa shape index (κ3) is 2.40. The van der Waals surface area contributed by atoms with Crippen LogP contribution < -0.4 is 4.90 Å². The van der Waals surface area contributed by atoms with Crippen LogP contribution in [0.4, 0.5) is 10.1 Å². The van der Waals surface area contributed by atoms with Crippen molar-refractivity contribution in [3.05, 3.63) is 29.6 Å². The molecule has 0 saturated carbocycles. The fourth-order valence-corrected chi connectivity index (χ4v) is 2.95. The molecule has 1 aliphatic heterocycles. The van der Waals surface area contributed by atoms with Crippen molar-refractivity contribution >= 4 is 29.1 Å². The van der Waals surface area contributed by atoms with Gasteiger partial charge in [0, 0.05) is 35.8 Å². The molecule has 1 saturated heterocycles. The Kier molecular flexibility index (Phi) is 3.76. The Bertz CT molecular complexity index is 339. The van der Waals surface area contributed by atoms with Gasteiger partial charge in [-0.15, -0.1) is 11.6 Å². The summed E-state index contributed by atoms with van der Waals surface area (Å²) in [6.07, 6.45) is 0. The highest BCUT2D eigenvalue weighted by Crippen LogP contribution is 2.26. The highest BCUT2D eigenvalue weighted by atomic mass is 35.5. The van der Waals surface area contributed by atoms with Gasteiger partial charge in [0.1, 0.15) is 5.82 Å². The zero-order valence-electron chi connectivity index (χ0n) is 8.38. The van der Waals surface area contributed by atoms with Crippen molar-refractivity contribution in [2.45, 2.75) is 5.88 Å². The second kappa shape index (κ2) is 5.08. The Morgan fingerprint density at radius 3 is 2.73 bits per heavy atom. The van der Waals surface area contributed by atoms with Gasteiger partial charge in [-0.05, 0) is 12.1 Å². The van der Waals surface area contributed by atoms with Crippen LogP contribution in [0.3, 0.4) is 0 Å². The van der Waals surface area contributed by atoms with E-state index in [-0.39, 0.29) is 11.7 Å². The maximum Gasteiger partial charge on any atom is 0.129 e. The van der Waals surface area contributed by atoms with E-state index < -0.39 is 0 Å². The van der Waals surface area contributed by atoms with Crippen LogP contribution in [-0.4, -0.2) is 24.6 Å². The van der Waals surface area contributed by atoms with Gasteiger partial charge < -0.3 is 4.90 Å². The summed E-state index contributed by atoms with van der Waals surface area (Å²) in [5, 5.41) is 0. The summed E-state index contributed by atoms with van der Waals surface area (Å²) in [4.78, 5) is 2.22. The van der Waals surface area contributed by atoms with Gasteiger partial charge in [-0.3, -0.25) is 0 Å². The minimum atomic E-state index is -0.194. The molecule has 1 heterocycles. The Hall–Kier alpha value is -0.410. The van der Waals surface area contributed by atoms with E-state index in [4.69, 9.17) is 11.6 Å². The van der Waals surface area contributed by atoms with Gasteiger partial charge in [0.2, 0.25) is 0 Å². The molecule has 1 aromatic carbocycles. The number of anilines is 1. The van der Waals surface area contributed by atoms with E-state index in [9.17, 15) is 4.39 Å². The average Bonchev–Trinajstić information content (AvgIpc) is 2.30. The lowest BCUT2D eigenvalue weighted by Crippen LogP contribution is -2.33. The first kappa shape index (κ1) is 11.1. The van der Waals surface area contributed by atoms with Crippen molar-refractivity contribution in [1.82, 2.24) is 0 Å². The lowest BCUT2D eigenvalue weighted by Gasteiger charge is -2.30. The first-order valence-corrected chi connectivity index (χ1v) is 6.68. The molecule has 82 valence electrons. The molecule has 2 rings (SSSR count). The predicted octanol–water partition coefficient (Wildman–Crippen LogP) is 3.12. The highest BCUT2D eigenvalue weighted by molar-refractivity contribution is 7.99. The van der Waals surface area contributed by atoms with E-state index in [1.807, 2.05) is 17.8 Å². The molecule has 0 radical (unpaired) electrons. The largest absolute Gasteiger partial charge is 0.370 e. The van der Waals surface area contributed by atoms with E-state index in [0.29, 0.717) is 5.56 Å². The van der Waals surface area contributed by atoms with E-state index in [1.165, 1.54) is 6.07 Å². The number of rotatable bonds is 2. The lowest BCUT2D eigenvalue weighted by molar-refractivity contribution is 0.615. The average molecular weight is 246 g/mol. The molecule has 0 aliphatic carbocycles. The van der Waals surface area contributed by atoms with Crippen molar-refractivity contribution in [3.8, 4) is 0 Å². The summed E-state index contributed by atoms with van der Waals surface area (Å²) in [5.74, 6) is 2.27. The number of thioether (sulfide) groups is 1. The van der Waals surface area contributed by atoms with Gasteiger partial charge in [0.25, 0.3) is 0 Å². The molecule has 1 fully saturated rings. The van der Waals surface area contributed by atoms with Crippen LogP contribution in [0, 0.1) is 5.82 Å². The van der Waals surface area contributed by atoms with Crippen LogP contribution >= 0.6 is 23.4 Å². The van der Waals surface area contributed by atoms with E-state index in [2.05, 4.69) is 4.90 Å². The molecule has 1 aromatic rings. The maximum atomic E-state index is 13.5. The Balaban J connectivity index is 2.29. The van der Waals surface area contributed by atoms with E-state index in [1.54, 1.807) is 6.07 Å². The highest BCUT2D eigenvalue weighted by Gasteiger charge is 2.16. The van der Waals surface area contributed by atoms with Crippen molar-refractivity contribution in [2.24, 2.45) is 0 Å². The van der Waals surface area contributed by atoms with Gasteiger partial charge in [-0.25, -0.2) is 4.39 Å².